The standard InChI is InChI=1S/C14H23N3O/c1-11-4-3-6-14(18,8-11)10-15-9-13-5-7-16-12(2)17-13/h5,7,11,15,18H,3-4,6,8-10H2,1-2H3. The van der Waals surface area contributed by atoms with E-state index in [1.165, 1.54) is 6.42 Å². The Morgan fingerprint density at radius 3 is 3.11 bits per heavy atom. The van der Waals surface area contributed by atoms with E-state index in [4.69, 9.17) is 0 Å². The SMILES string of the molecule is Cc1nccc(CNCC2(O)CCCC(C)C2)n1. The van der Waals surface area contributed by atoms with E-state index < -0.39 is 5.60 Å². The number of hydrogen-bond acceptors (Lipinski definition) is 4. The van der Waals surface area contributed by atoms with Crippen molar-refractivity contribution in [2.24, 2.45) is 5.92 Å². The Hall–Kier alpha value is -1.00. The molecule has 1 aliphatic rings. The van der Waals surface area contributed by atoms with Crippen molar-refractivity contribution in [2.45, 2.75) is 51.7 Å². The van der Waals surface area contributed by atoms with Gasteiger partial charge in [-0.3, -0.25) is 0 Å². The van der Waals surface area contributed by atoms with Gasteiger partial charge in [-0.1, -0.05) is 19.8 Å². The number of rotatable bonds is 4. The van der Waals surface area contributed by atoms with E-state index in [-0.39, 0.29) is 0 Å². The Bertz CT molecular complexity index is 396. The van der Waals surface area contributed by atoms with Crippen LogP contribution >= 0.6 is 0 Å². The van der Waals surface area contributed by atoms with E-state index in [0.717, 1.165) is 30.8 Å². The van der Waals surface area contributed by atoms with Crippen molar-refractivity contribution in [1.82, 2.24) is 15.3 Å². The number of aliphatic hydroxyl groups is 1. The van der Waals surface area contributed by atoms with Gasteiger partial charge in [-0.05, 0) is 31.7 Å². The van der Waals surface area contributed by atoms with Gasteiger partial charge in [0.05, 0.1) is 11.3 Å². The Labute approximate surface area is 109 Å². The zero-order chi connectivity index (χ0) is 13.0. The lowest BCUT2D eigenvalue weighted by molar-refractivity contribution is -0.0119. The summed E-state index contributed by atoms with van der Waals surface area (Å²) in [6, 6.07) is 1.91. The molecule has 1 fully saturated rings. The summed E-state index contributed by atoms with van der Waals surface area (Å²) in [5.41, 5.74) is 0.453. The maximum absolute atomic E-state index is 10.5. The minimum absolute atomic E-state index is 0.528. The number of nitrogens with zero attached hydrogens (tertiary/aromatic N) is 2. The van der Waals surface area contributed by atoms with Gasteiger partial charge in [-0.15, -0.1) is 0 Å². The monoisotopic (exact) mass is 249 g/mol. The maximum atomic E-state index is 10.5. The summed E-state index contributed by atoms with van der Waals surface area (Å²) in [6.45, 7) is 5.46. The summed E-state index contributed by atoms with van der Waals surface area (Å²) >= 11 is 0. The van der Waals surface area contributed by atoms with E-state index in [9.17, 15) is 5.11 Å². The first-order valence-corrected chi connectivity index (χ1v) is 6.79. The molecule has 1 aromatic rings. The third-order valence-electron chi connectivity index (χ3n) is 3.66. The van der Waals surface area contributed by atoms with Gasteiger partial charge in [-0.25, -0.2) is 9.97 Å². The minimum atomic E-state index is -0.528. The Morgan fingerprint density at radius 2 is 2.39 bits per heavy atom. The Kier molecular flexibility index (Phi) is 4.30. The first kappa shape index (κ1) is 13.4. The molecule has 100 valence electrons. The zero-order valence-corrected chi connectivity index (χ0v) is 11.3. The van der Waals surface area contributed by atoms with E-state index in [0.29, 0.717) is 19.0 Å². The van der Waals surface area contributed by atoms with E-state index in [1.807, 2.05) is 13.0 Å². The molecule has 2 rings (SSSR count). The topological polar surface area (TPSA) is 58.0 Å². The van der Waals surface area contributed by atoms with Crippen LogP contribution in [0, 0.1) is 12.8 Å². The van der Waals surface area contributed by atoms with Crippen molar-refractivity contribution in [3.05, 3.63) is 23.8 Å². The summed E-state index contributed by atoms with van der Waals surface area (Å²) in [5, 5.41) is 13.8. The van der Waals surface area contributed by atoms with Crippen molar-refractivity contribution in [3.8, 4) is 0 Å². The molecule has 1 heterocycles. The lowest BCUT2D eigenvalue weighted by atomic mass is 9.79. The average Bonchev–Trinajstić information content (AvgIpc) is 2.28. The molecule has 0 saturated heterocycles. The van der Waals surface area contributed by atoms with Crippen LogP contribution in [-0.2, 0) is 6.54 Å². The van der Waals surface area contributed by atoms with Gasteiger partial charge in [0.1, 0.15) is 5.82 Å². The molecule has 0 radical (unpaired) electrons. The van der Waals surface area contributed by atoms with Crippen LogP contribution < -0.4 is 5.32 Å². The van der Waals surface area contributed by atoms with Crippen LogP contribution in [0.1, 0.15) is 44.1 Å². The summed E-state index contributed by atoms with van der Waals surface area (Å²) in [6.07, 6.45) is 5.96. The van der Waals surface area contributed by atoms with Gasteiger partial charge in [0, 0.05) is 19.3 Å². The molecule has 0 spiro atoms. The molecule has 4 heteroatoms. The van der Waals surface area contributed by atoms with Crippen molar-refractivity contribution < 1.29 is 5.11 Å². The van der Waals surface area contributed by atoms with Crippen molar-refractivity contribution in [3.63, 3.8) is 0 Å². The predicted molar refractivity (Wildman–Crippen MR) is 71.1 cm³/mol. The van der Waals surface area contributed by atoms with E-state index in [2.05, 4.69) is 22.2 Å². The molecule has 18 heavy (non-hydrogen) atoms. The molecular formula is C14H23N3O. The molecule has 4 nitrogen and oxygen atoms in total. The summed E-state index contributed by atoms with van der Waals surface area (Å²) < 4.78 is 0. The van der Waals surface area contributed by atoms with Crippen LogP contribution in [0.3, 0.4) is 0 Å². The highest BCUT2D eigenvalue weighted by atomic mass is 16.3. The van der Waals surface area contributed by atoms with Crippen LogP contribution in [0.25, 0.3) is 0 Å². The zero-order valence-electron chi connectivity index (χ0n) is 11.3. The van der Waals surface area contributed by atoms with Gasteiger partial charge >= 0.3 is 0 Å². The molecule has 2 atom stereocenters. The van der Waals surface area contributed by atoms with Gasteiger partial charge < -0.3 is 10.4 Å². The number of aromatic nitrogens is 2. The molecular weight excluding hydrogens is 226 g/mol. The number of hydrogen-bond donors (Lipinski definition) is 2. The molecule has 0 bridgehead atoms. The molecule has 1 aromatic heterocycles. The normalized spacial score (nSPS) is 28.3. The second-order valence-electron chi connectivity index (χ2n) is 5.62. The molecule has 0 aromatic carbocycles. The van der Waals surface area contributed by atoms with E-state index in [1.54, 1.807) is 6.20 Å². The van der Waals surface area contributed by atoms with Gasteiger partial charge in [0.2, 0.25) is 0 Å². The summed E-state index contributed by atoms with van der Waals surface area (Å²) in [4.78, 5) is 8.41. The van der Waals surface area contributed by atoms with Crippen LogP contribution in [0.2, 0.25) is 0 Å². The molecule has 2 N–H and O–H groups in total. The minimum Gasteiger partial charge on any atom is -0.389 e. The second kappa shape index (κ2) is 5.76. The highest BCUT2D eigenvalue weighted by Crippen LogP contribution is 2.31. The van der Waals surface area contributed by atoms with Crippen LogP contribution in [0.15, 0.2) is 12.3 Å². The molecule has 2 unspecified atom stereocenters. The molecule has 0 aliphatic heterocycles. The van der Waals surface area contributed by atoms with Crippen molar-refractivity contribution in [2.75, 3.05) is 6.54 Å². The van der Waals surface area contributed by atoms with Crippen LogP contribution in [-0.4, -0.2) is 27.2 Å². The summed E-state index contributed by atoms with van der Waals surface area (Å²) in [5.74, 6) is 1.42. The maximum Gasteiger partial charge on any atom is 0.125 e. The van der Waals surface area contributed by atoms with Gasteiger partial charge in [-0.2, -0.15) is 0 Å². The van der Waals surface area contributed by atoms with Crippen LogP contribution in [0.5, 0.6) is 0 Å². The largest absolute Gasteiger partial charge is 0.389 e. The lowest BCUT2D eigenvalue weighted by Crippen LogP contribution is -2.43. The van der Waals surface area contributed by atoms with E-state index >= 15 is 0 Å². The Balaban J connectivity index is 1.81. The predicted octanol–water partition coefficient (Wildman–Crippen LogP) is 1.82. The highest BCUT2D eigenvalue weighted by Gasteiger charge is 2.31. The second-order valence-corrected chi connectivity index (χ2v) is 5.62. The smallest absolute Gasteiger partial charge is 0.125 e. The third kappa shape index (κ3) is 3.75. The average molecular weight is 249 g/mol. The fourth-order valence-corrected chi connectivity index (χ4v) is 2.82. The number of aryl methyl sites for hydroxylation is 1. The first-order valence-electron chi connectivity index (χ1n) is 6.79. The highest BCUT2D eigenvalue weighted by molar-refractivity contribution is 5.01. The quantitative estimate of drug-likeness (QED) is 0.854. The summed E-state index contributed by atoms with van der Waals surface area (Å²) in [7, 11) is 0. The Morgan fingerprint density at radius 1 is 1.56 bits per heavy atom. The fraction of sp³-hybridized carbons (Fsp3) is 0.714. The van der Waals surface area contributed by atoms with Crippen LogP contribution in [0.4, 0.5) is 0 Å². The van der Waals surface area contributed by atoms with Crippen molar-refractivity contribution >= 4 is 0 Å². The van der Waals surface area contributed by atoms with Gasteiger partial charge in [0.25, 0.3) is 0 Å². The number of nitrogens with one attached hydrogen (secondary N) is 1. The molecule has 1 aliphatic carbocycles. The molecule has 0 amide bonds. The van der Waals surface area contributed by atoms with Gasteiger partial charge in [0.15, 0.2) is 0 Å². The molecule has 1 saturated carbocycles. The third-order valence-corrected chi connectivity index (χ3v) is 3.66. The lowest BCUT2D eigenvalue weighted by Gasteiger charge is -2.35. The first-order chi connectivity index (χ1) is 8.57. The van der Waals surface area contributed by atoms with Crippen molar-refractivity contribution in [1.29, 1.82) is 0 Å². The fourth-order valence-electron chi connectivity index (χ4n) is 2.82.